The number of nitrogens with one attached hydrogen (secondary N) is 2. The SMILES string of the molecule is O=S1(=O)NCCN1C1CNC1. The molecule has 5 nitrogen and oxygen atoms in total. The zero-order valence-corrected chi connectivity index (χ0v) is 6.89. The van der Waals surface area contributed by atoms with E-state index in [9.17, 15) is 8.42 Å². The van der Waals surface area contributed by atoms with Crippen LogP contribution in [0.3, 0.4) is 0 Å². The predicted molar refractivity (Wildman–Crippen MR) is 40.3 cm³/mol. The van der Waals surface area contributed by atoms with Crippen molar-refractivity contribution in [3.8, 4) is 0 Å². The molecule has 0 aromatic carbocycles. The Morgan fingerprint density at radius 3 is 2.45 bits per heavy atom. The van der Waals surface area contributed by atoms with Crippen LogP contribution < -0.4 is 10.0 Å². The Morgan fingerprint density at radius 1 is 1.36 bits per heavy atom. The molecule has 0 aliphatic carbocycles. The molecule has 2 N–H and O–H groups in total. The highest BCUT2D eigenvalue weighted by atomic mass is 32.2. The summed E-state index contributed by atoms with van der Waals surface area (Å²) in [6.07, 6.45) is 0. The lowest BCUT2D eigenvalue weighted by Crippen LogP contribution is -2.57. The van der Waals surface area contributed by atoms with E-state index in [4.69, 9.17) is 0 Å². The maximum atomic E-state index is 11.2. The molecule has 0 amide bonds. The highest BCUT2D eigenvalue weighted by molar-refractivity contribution is 7.87. The van der Waals surface area contributed by atoms with Crippen molar-refractivity contribution in [3.05, 3.63) is 0 Å². The fourth-order valence-corrected chi connectivity index (χ4v) is 2.73. The van der Waals surface area contributed by atoms with Crippen LogP contribution in [0.2, 0.25) is 0 Å². The lowest BCUT2D eigenvalue weighted by molar-refractivity contribution is 0.258. The quantitative estimate of drug-likeness (QED) is 0.492. The summed E-state index contributed by atoms with van der Waals surface area (Å²) in [6.45, 7) is 2.76. The summed E-state index contributed by atoms with van der Waals surface area (Å²) in [5, 5.41) is 3.04. The van der Waals surface area contributed by atoms with Crippen LogP contribution in [-0.2, 0) is 10.2 Å². The molecule has 2 fully saturated rings. The third-order valence-corrected chi connectivity index (χ3v) is 3.76. The minimum atomic E-state index is -3.10. The zero-order valence-electron chi connectivity index (χ0n) is 6.08. The van der Waals surface area contributed by atoms with E-state index in [1.54, 1.807) is 0 Å². The van der Waals surface area contributed by atoms with Crippen molar-refractivity contribution in [2.75, 3.05) is 26.2 Å². The minimum Gasteiger partial charge on any atom is -0.313 e. The van der Waals surface area contributed by atoms with Crippen LogP contribution in [0.1, 0.15) is 0 Å². The monoisotopic (exact) mass is 177 g/mol. The van der Waals surface area contributed by atoms with Crippen molar-refractivity contribution in [1.82, 2.24) is 14.3 Å². The molecular formula is C5H11N3O2S. The van der Waals surface area contributed by atoms with Gasteiger partial charge in [-0.3, -0.25) is 0 Å². The summed E-state index contributed by atoms with van der Waals surface area (Å²) >= 11 is 0. The van der Waals surface area contributed by atoms with Crippen molar-refractivity contribution in [2.24, 2.45) is 0 Å². The van der Waals surface area contributed by atoms with Gasteiger partial charge < -0.3 is 5.32 Å². The molecule has 0 unspecified atom stereocenters. The van der Waals surface area contributed by atoms with Crippen molar-refractivity contribution in [3.63, 3.8) is 0 Å². The van der Waals surface area contributed by atoms with Crippen molar-refractivity contribution < 1.29 is 8.42 Å². The first-order valence-corrected chi connectivity index (χ1v) is 5.11. The largest absolute Gasteiger partial charge is 0.313 e. The molecule has 0 aromatic rings. The fraction of sp³-hybridized carbons (Fsp3) is 1.00. The molecule has 2 saturated heterocycles. The maximum absolute atomic E-state index is 11.2. The smallest absolute Gasteiger partial charge is 0.279 e. The van der Waals surface area contributed by atoms with Crippen LogP contribution in [0.4, 0.5) is 0 Å². The van der Waals surface area contributed by atoms with E-state index in [1.807, 2.05) is 0 Å². The Kier molecular flexibility index (Phi) is 1.64. The van der Waals surface area contributed by atoms with Crippen molar-refractivity contribution in [2.45, 2.75) is 6.04 Å². The van der Waals surface area contributed by atoms with Crippen LogP contribution >= 0.6 is 0 Å². The van der Waals surface area contributed by atoms with Gasteiger partial charge in [-0.15, -0.1) is 0 Å². The lowest BCUT2D eigenvalue weighted by atomic mass is 10.2. The van der Waals surface area contributed by atoms with Gasteiger partial charge in [0.2, 0.25) is 0 Å². The summed E-state index contributed by atoms with van der Waals surface area (Å²) in [5.74, 6) is 0. The molecule has 0 radical (unpaired) electrons. The normalized spacial score (nSPS) is 32.0. The first-order chi connectivity index (χ1) is 5.20. The topological polar surface area (TPSA) is 61.4 Å². The molecule has 64 valence electrons. The van der Waals surface area contributed by atoms with E-state index in [0.717, 1.165) is 13.1 Å². The molecule has 0 saturated carbocycles. The molecular weight excluding hydrogens is 166 g/mol. The fourth-order valence-electron chi connectivity index (χ4n) is 1.34. The second-order valence-electron chi connectivity index (χ2n) is 2.82. The van der Waals surface area contributed by atoms with E-state index in [-0.39, 0.29) is 6.04 Å². The van der Waals surface area contributed by atoms with E-state index >= 15 is 0 Å². The molecule has 2 aliphatic rings. The average molecular weight is 177 g/mol. The number of hydrogen-bond acceptors (Lipinski definition) is 3. The van der Waals surface area contributed by atoms with Gasteiger partial charge >= 0.3 is 0 Å². The van der Waals surface area contributed by atoms with E-state index in [0.29, 0.717) is 13.1 Å². The Morgan fingerprint density at radius 2 is 2.09 bits per heavy atom. The molecule has 0 bridgehead atoms. The van der Waals surface area contributed by atoms with Gasteiger partial charge in [0.25, 0.3) is 10.2 Å². The second kappa shape index (κ2) is 2.41. The molecule has 0 atom stereocenters. The lowest BCUT2D eigenvalue weighted by Gasteiger charge is -2.33. The first-order valence-electron chi connectivity index (χ1n) is 3.67. The third-order valence-electron chi connectivity index (χ3n) is 2.09. The van der Waals surface area contributed by atoms with Gasteiger partial charge in [-0.2, -0.15) is 12.7 Å². The van der Waals surface area contributed by atoms with Crippen LogP contribution in [-0.4, -0.2) is 44.9 Å². The van der Waals surface area contributed by atoms with Crippen LogP contribution in [0.25, 0.3) is 0 Å². The van der Waals surface area contributed by atoms with Gasteiger partial charge in [-0.25, -0.2) is 4.72 Å². The maximum Gasteiger partial charge on any atom is 0.279 e. The summed E-state index contributed by atoms with van der Waals surface area (Å²) < 4.78 is 26.4. The van der Waals surface area contributed by atoms with E-state index in [1.165, 1.54) is 4.31 Å². The third kappa shape index (κ3) is 1.16. The summed E-state index contributed by atoms with van der Waals surface area (Å²) in [5.41, 5.74) is 0. The van der Waals surface area contributed by atoms with Gasteiger partial charge in [0.15, 0.2) is 0 Å². The first kappa shape index (κ1) is 7.48. The van der Waals surface area contributed by atoms with Gasteiger partial charge in [-0.05, 0) is 0 Å². The van der Waals surface area contributed by atoms with Crippen LogP contribution in [0, 0.1) is 0 Å². The zero-order chi connectivity index (χ0) is 7.90. The minimum absolute atomic E-state index is 0.190. The summed E-state index contributed by atoms with van der Waals surface area (Å²) in [7, 11) is -3.10. The Bertz CT molecular complexity index is 246. The Balaban J connectivity index is 2.13. The molecule has 2 heterocycles. The average Bonchev–Trinajstić information content (AvgIpc) is 2.07. The van der Waals surface area contributed by atoms with Crippen molar-refractivity contribution in [1.29, 1.82) is 0 Å². The molecule has 2 aliphatic heterocycles. The predicted octanol–water partition coefficient (Wildman–Crippen LogP) is -1.89. The summed E-state index contributed by atoms with van der Waals surface area (Å²) in [4.78, 5) is 0. The molecule has 0 spiro atoms. The van der Waals surface area contributed by atoms with E-state index < -0.39 is 10.2 Å². The van der Waals surface area contributed by atoms with Gasteiger partial charge in [0, 0.05) is 26.2 Å². The number of nitrogens with zero attached hydrogens (tertiary/aromatic N) is 1. The van der Waals surface area contributed by atoms with Gasteiger partial charge in [0.05, 0.1) is 6.04 Å². The van der Waals surface area contributed by atoms with Gasteiger partial charge in [0.1, 0.15) is 0 Å². The highest BCUT2D eigenvalue weighted by Gasteiger charge is 2.36. The standard InChI is InChI=1S/C5H11N3O2S/c9-11(10)7-1-2-8(11)5-3-6-4-5/h5-7H,1-4H2. The Labute approximate surface area is 65.9 Å². The van der Waals surface area contributed by atoms with Crippen molar-refractivity contribution >= 4 is 10.2 Å². The Hall–Kier alpha value is -0.170. The highest BCUT2D eigenvalue weighted by Crippen LogP contribution is 2.12. The number of rotatable bonds is 1. The molecule has 0 aromatic heterocycles. The van der Waals surface area contributed by atoms with E-state index in [2.05, 4.69) is 10.0 Å². The molecule has 6 heteroatoms. The van der Waals surface area contributed by atoms with Gasteiger partial charge in [-0.1, -0.05) is 0 Å². The van der Waals surface area contributed by atoms with Crippen LogP contribution in [0.5, 0.6) is 0 Å². The molecule has 2 rings (SSSR count). The second-order valence-corrected chi connectivity index (χ2v) is 4.53. The number of hydrogen-bond donors (Lipinski definition) is 2. The summed E-state index contributed by atoms with van der Waals surface area (Å²) in [6, 6.07) is 0.190. The van der Waals surface area contributed by atoms with Crippen LogP contribution in [0.15, 0.2) is 0 Å². The molecule has 11 heavy (non-hydrogen) atoms.